The van der Waals surface area contributed by atoms with Crippen LogP contribution >= 0.6 is 23.1 Å². The van der Waals surface area contributed by atoms with Gasteiger partial charge in [0.05, 0.1) is 31.3 Å². The van der Waals surface area contributed by atoms with E-state index in [4.69, 9.17) is 14.2 Å². The smallest absolute Gasteiger partial charge is 0.543 e. The fourth-order valence-electron chi connectivity index (χ4n) is 3.27. The maximum Gasteiger partial charge on any atom is 1.00 e. The molecule has 0 unspecified atom stereocenters. The van der Waals surface area contributed by atoms with Crippen LogP contribution in [0.25, 0.3) is 0 Å². The number of rotatable bonds is 10. The molecule has 1 aromatic heterocycles. The quantitative estimate of drug-likeness (QED) is 0.115. The standard InChI is InChI=1S/C19H22N2O8S2.Na/c1-11(22)28-9-12-10-31-18-19(29-6-5-27-2,17(26)21(18)15(12)16(24)25)20-14(23)8-13-4-3-7-30-13;/h3-4,7,18H,5-6,8-10H2,1-2H3,(H,20,23)(H,24,25);/q;+1/p-1/t18-,19+;/m1./s1. The Kier molecular flexibility index (Phi) is 9.76. The van der Waals surface area contributed by atoms with Gasteiger partial charge >= 0.3 is 35.5 Å². The number of nitrogens with zero attached hydrogens (tertiary/aromatic N) is 1. The van der Waals surface area contributed by atoms with Crippen molar-refractivity contribution in [2.45, 2.75) is 24.4 Å². The third-order valence-electron chi connectivity index (χ3n) is 4.61. The third kappa shape index (κ3) is 5.56. The summed E-state index contributed by atoms with van der Waals surface area (Å²) in [5.41, 5.74) is -1.86. The molecule has 0 radical (unpaired) electrons. The number of nitrogens with one attached hydrogen (secondary N) is 1. The van der Waals surface area contributed by atoms with Gasteiger partial charge in [-0.3, -0.25) is 19.3 Å². The number of esters is 1. The summed E-state index contributed by atoms with van der Waals surface area (Å²) in [6.45, 7) is 1.11. The van der Waals surface area contributed by atoms with Gasteiger partial charge in [-0.05, 0) is 11.4 Å². The van der Waals surface area contributed by atoms with E-state index in [1.807, 2.05) is 11.4 Å². The van der Waals surface area contributed by atoms with Crippen LogP contribution in [0.3, 0.4) is 0 Å². The molecule has 1 aromatic rings. The predicted octanol–water partition coefficient (Wildman–Crippen LogP) is -3.75. The largest absolute Gasteiger partial charge is 1.00 e. The number of β-lactam (4-membered cyclic amide) rings is 1. The van der Waals surface area contributed by atoms with Gasteiger partial charge in [-0.15, -0.1) is 23.1 Å². The van der Waals surface area contributed by atoms with Gasteiger partial charge in [-0.2, -0.15) is 0 Å². The van der Waals surface area contributed by atoms with Crippen LogP contribution in [-0.4, -0.2) is 72.4 Å². The molecule has 2 amide bonds. The van der Waals surface area contributed by atoms with Crippen molar-refractivity contribution in [3.63, 3.8) is 0 Å². The SMILES string of the molecule is COCCO[C@@]1(NC(=O)Cc2cccs2)C(=O)N2C(C(=O)[O-])=C(COC(C)=O)CS[C@@H]21.[Na+]. The van der Waals surface area contributed by atoms with E-state index < -0.39 is 34.9 Å². The Hall–Kier alpha value is -1.41. The van der Waals surface area contributed by atoms with Crippen molar-refractivity contribution in [1.29, 1.82) is 0 Å². The monoisotopic (exact) mass is 492 g/mol. The molecule has 0 aromatic carbocycles. The number of carboxylic acids is 1. The summed E-state index contributed by atoms with van der Waals surface area (Å²) in [5.74, 6) is -3.17. The van der Waals surface area contributed by atoms with Crippen LogP contribution < -0.4 is 40.0 Å². The van der Waals surface area contributed by atoms with Crippen molar-refractivity contribution < 1.29 is 68.1 Å². The first kappa shape index (κ1) is 26.8. The molecule has 168 valence electrons. The molecule has 1 N–H and O–H groups in total. The zero-order valence-electron chi connectivity index (χ0n) is 17.9. The molecule has 3 heterocycles. The Bertz CT molecular complexity index is 907. The van der Waals surface area contributed by atoms with E-state index in [0.717, 1.165) is 9.78 Å². The Morgan fingerprint density at radius 1 is 1.34 bits per heavy atom. The summed E-state index contributed by atoms with van der Waals surface area (Å²) in [5, 5.41) is 15.5. The minimum Gasteiger partial charge on any atom is -0.543 e. The van der Waals surface area contributed by atoms with Crippen molar-refractivity contribution in [2.24, 2.45) is 0 Å². The molecule has 0 aliphatic carbocycles. The van der Waals surface area contributed by atoms with E-state index in [-0.39, 0.29) is 72.8 Å². The number of carbonyl (C=O) groups is 4. The zero-order valence-corrected chi connectivity index (χ0v) is 21.5. The van der Waals surface area contributed by atoms with Crippen molar-refractivity contribution in [3.8, 4) is 0 Å². The minimum atomic E-state index is -1.73. The van der Waals surface area contributed by atoms with Crippen molar-refractivity contribution >= 4 is 46.9 Å². The second kappa shape index (κ2) is 11.6. The van der Waals surface area contributed by atoms with Crippen molar-refractivity contribution in [1.82, 2.24) is 10.2 Å². The number of methoxy groups -OCH3 is 1. The van der Waals surface area contributed by atoms with Gasteiger partial charge in [0.1, 0.15) is 12.0 Å². The van der Waals surface area contributed by atoms with E-state index in [1.165, 1.54) is 37.1 Å². The normalized spacial score (nSPS) is 21.9. The first-order valence-corrected chi connectivity index (χ1v) is 11.2. The molecule has 2 atom stereocenters. The molecular formula is C19H21N2NaO8S2. The molecule has 2 aliphatic rings. The van der Waals surface area contributed by atoms with E-state index in [0.29, 0.717) is 0 Å². The first-order valence-electron chi connectivity index (χ1n) is 9.28. The molecule has 13 heteroatoms. The number of aliphatic carboxylic acids is 1. The molecule has 10 nitrogen and oxygen atoms in total. The van der Waals surface area contributed by atoms with Crippen LogP contribution in [0.2, 0.25) is 0 Å². The number of fused-ring (bicyclic) bond motifs is 1. The summed E-state index contributed by atoms with van der Waals surface area (Å²) in [7, 11) is 1.47. The van der Waals surface area contributed by atoms with Gasteiger partial charge in [-0.25, -0.2) is 0 Å². The average Bonchev–Trinajstić information content (AvgIpc) is 3.23. The van der Waals surface area contributed by atoms with Gasteiger partial charge in [0.25, 0.3) is 11.6 Å². The van der Waals surface area contributed by atoms with Gasteiger partial charge in [0.15, 0.2) is 0 Å². The number of thiophene rings is 1. The van der Waals surface area contributed by atoms with Gasteiger partial charge in [0, 0.05) is 30.2 Å². The second-order valence-corrected chi connectivity index (χ2v) is 8.84. The number of carboxylic acid groups (broad SMARTS) is 1. The fourth-order valence-corrected chi connectivity index (χ4v) is 5.37. The third-order valence-corrected chi connectivity index (χ3v) is 6.86. The number of ether oxygens (including phenoxy) is 3. The maximum atomic E-state index is 13.2. The van der Waals surface area contributed by atoms with E-state index in [2.05, 4.69) is 5.32 Å². The number of amides is 2. The summed E-state index contributed by atoms with van der Waals surface area (Å²) in [4.78, 5) is 50.5. The molecule has 1 saturated heterocycles. The molecule has 2 aliphatic heterocycles. The topological polar surface area (TPSA) is 134 Å². The molecule has 0 spiro atoms. The van der Waals surface area contributed by atoms with Crippen LogP contribution in [0.4, 0.5) is 0 Å². The molecule has 3 rings (SSSR count). The summed E-state index contributed by atoms with van der Waals surface area (Å²) < 4.78 is 15.6. The zero-order chi connectivity index (χ0) is 22.6. The summed E-state index contributed by atoms with van der Waals surface area (Å²) >= 11 is 2.60. The Balaban J connectivity index is 0.00000363. The fraction of sp³-hybridized carbons (Fsp3) is 0.474. The Morgan fingerprint density at radius 3 is 2.69 bits per heavy atom. The van der Waals surface area contributed by atoms with Crippen LogP contribution in [0.15, 0.2) is 28.8 Å². The average molecular weight is 493 g/mol. The molecule has 0 bridgehead atoms. The number of hydrogen-bond donors (Lipinski definition) is 1. The number of hydrogen-bond acceptors (Lipinski definition) is 10. The van der Waals surface area contributed by atoms with E-state index in [9.17, 15) is 24.3 Å². The molecule has 32 heavy (non-hydrogen) atoms. The summed E-state index contributed by atoms with van der Waals surface area (Å²) in [6, 6.07) is 3.61. The Labute approximate surface area is 214 Å². The van der Waals surface area contributed by atoms with E-state index >= 15 is 0 Å². The number of carbonyl (C=O) groups excluding carboxylic acids is 4. The number of thioether (sulfide) groups is 1. The maximum absolute atomic E-state index is 13.2. The second-order valence-electron chi connectivity index (χ2n) is 6.74. The van der Waals surface area contributed by atoms with Gasteiger partial charge in [-0.1, -0.05) is 6.07 Å². The van der Waals surface area contributed by atoms with Gasteiger partial charge in [0.2, 0.25) is 5.91 Å². The van der Waals surface area contributed by atoms with Crippen LogP contribution in [0.1, 0.15) is 11.8 Å². The first-order chi connectivity index (χ1) is 14.8. The predicted molar refractivity (Wildman–Crippen MR) is 108 cm³/mol. The Morgan fingerprint density at radius 2 is 2.09 bits per heavy atom. The molecule has 0 saturated carbocycles. The van der Waals surface area contributed by atoms with Gasteiger partial charge < -0.3 is 29.4 Å². The summed E-state index contributed by atoms with van der Waals surface area (Å²) in [6.07, 6.45) is 0.0542. The van der Waals surface area contributed by atoms with Crippen LogP contribution in [0, 0.1) is 0 Å². The van der Waals surface area contributed by atoms with Crippen LogP contribution in [-0.2, 0) is 39.8 Å². The minimum absolute atomic E-state index is 0. The van der Waals surface area contributed by atoms with Crippen molar-refractivity contribution in [2.75, 3.05) is 32.7 Å². The van der Waals surface area contributed by atoms with E-state index in [1.54, 1.807) is 6.07 Å². The molecular weight excluding hydrogens is 471 g/mol. The molecule has 1 fully saturated rings. The van der Waals surface area contributed by atoms with Crippen LogP contribution in [0.5, 0.6) is 0 Å². The van der Waals surface area contributed by atoms with Crippen molar-refractivity contribution in [3.05, 3.63) is 33.7 Å².